The Morgan fingerprint density at radius 1 is 1.14 bits per heavy atom. The summed E-state index contributed by atoms with van der Waals surface area (Å²) >= 11 is 0. The zero-order valence-corrected chi connectivity index (χ0v) is 8.92. The normalized spacial score (nSPS) is 13.3. The van der Waals surface area contributed by atoms with Crippen molar-refractivity contribution < 1.29 is 9.50 Å². The lowest BCUT2D eigenvalue weighted by Crippen LogP contribution is -2.01. The fourth-order valence-corrected chi connectivity index (χ4v) is 1.36. The summed E-state index contributed by atoms with van der Waals surface area (Å²) in [5, 5.41) is 8.99. The molecule has 0 spiro atoms. The largest absolute Gasteiger partial charge is 0.396 e. The Bertz CT molecular complexity index is 307. The van der Waals surface area contributed by atoms with Crippen LogP contribution in [-0.2, 0) is 0 Å². The summed E-state index contributed by atoms with van der Waals surface area (Å²) in [4.78, 5) is 0. The molecule has 1 atom stereocenters. The Morgan fingerprint density at radius 3 is 2.21 bits per heavy atom. The SMILES string of the molecule is CC(C)c1cc(F)cc(C(C)CO)c1. The van der Waals surface area contributed by atoms with E-state index in [1.807, 2.05) is 26.8 Å². The molecule has 0 aliphatic carbocycles. The Kier molecular flexibility index (Phi) is 3.64. The summed E-state index contributed by atoms with van der Waals surface area (Å²) in [5.41, 5.74) is 1.86. The van der Waals surface area contributed by atoms with Crippen LogP contribution in [0.15, 0.2) is 18.2 Å². The van der Waals surface area contributed by atoms with Crippen molar-refractivity contribution in [2.45, 2.75) is 32.6 Å². The molecule has 78 valence electrons. The Morgan fingerprint density at radius 2 is 1.71 bits per heavy atom. The maximum atomic E-state index is 13.2. The minimum absolute atomic E-state index is 0.00296. The van der Waals surface area contributed by atoms with Crippen molar-refractivity contribution in [1.82, 2.24) is 0 Å². The molecular formula is C12H17FO. The van der Waals surface area contributed by atoms with E-state index in [9.17, 15) is 4.39 Å². The summed E-state index contributed by atoms with van der Waals surface area (Å²) in [7, 11) is 0. The highest BCUT2D eigenvalue weighted by atomic mass is 19.1. The summed E-state index contributed by atoms with van der Waals surface area (Å²) in [6.45, 7) is 6.00. The van der Waals surface area contributed by atoms with Gasteiger partial charge in [0.25, 0.3) is 0 Å². The quantitative estimate of drug-likeness (QED) is 0.787. The minimum Gasteiger partial charge on any atom is -0.396 e. The van der Waals surface area contributed by atoms with Crippen LogP contribution in [0.5, 0.6) is 0 Å². The maximum Gasteiger partial charge on any atom is 0.123 e. The summed E-state index contributed by atoms with van der Waals surface area (Å²) < 4.78 is 13.2. The van der Waals surface area contributed by atoms with Crippen LogP contribution in [0.25, 0.3) is 0 Å². The van der Waals surface area contributed by atoms with Crippen molar-refractivity contribution in [1.29, 1.82) is 0 Å². The van der Waals surface area contributed by atoms with Gasteiger partial charge in [0.15, 0.2) is 0 Å². The molecule has 1 rings (SSSR count). The molecule has 1 nitrogen and oxygen atoms in total. The van der Waals surface area contributed by atoms with Gasteiger partial charge in [-0.3, -0.25) is 0 Å². The number of rotatable bonds is 3. The van der Waals surface area contributed by atoms with Crippen molar-refractivity contribution in [3.63, 3.8) is 0 Å². The van der Waals surface area contributed by atoms with Crippen molar-refractivity contribution in [3.8, 4) is 0 Å². The van der Waals surface area contributed by atoms with Gasteiger partial charge in [-0.05, 0) is 29.2 Å². The van der Waals surface area contributed by atoms with Crippen LogP contribution in [0, 0.1) is 5.82 Å². The van der Waals surface area contributed by atoms with Gasteiger partial charge >= 0.3 is 0 Å². The van der Waals surface area contributed by atoms with E-state index < -0.39 is 0 Å². The molecular weight excluding hydrogens is 179 g/mol. The van der Waals surface area contributed by atoms with Crippen molar-refractivity contribution in [2.24, 2.45) is 0 Å². The molecule has 1 aromatic carbocycles. The molecule has 14 heavy (non-hydrogen) atoms. The van der Waals surface area contributed by atoms with Crippen molar-refractivity contribution in [3.05, 3.63) is 35.1 Å². The van der Waals surface area contributed by atoms with Gasteiger partial charge in [-0.15, -0.1) is 0 Å². The molecule has 0 amide bonds. The highest BCUT2D eigenvalue weighted by Gasteiger charge is 2.09. The summed E-state index contributed by atoms with van der Waals surface area (Å²) in [6, 6.07) is 5.01. The second-order valence-electron chi connectivity index (χ2n) is 4.06. The van der Waals surface area contributed by atoms with Gasteiger partial charge in [0.05, 0.1) is 0 Å². The predicted octanol–water partition coefficient (Wildman–Crippen LogP) is 3.04. The smallest absolute Gasteiger partial charge is 0.123 e. The minimum atomic E-state index is -0.216. The van der Waals surface area contributed by atoms with E-state index in [0.717, 1.165) is 11.1 Å². The van der Waals surface area contributed by atoms with E-state index in [1.165, 1.54) is 6.07 Å². The van der Waals surface area contributed by atoms with Gasteiger partial charge in [0.2, 0.25) is 0 Å². The predicted molar refractivity (Wildman–Crippen MR) is 56.0 cm³/mol. The average Bonchev–Trinajstić information content (AvgIpc) is 2.15. The summed E-state index contributed by atoms with van der Waals surface area (Å²) in [6.07, 6.45) is 0. The first-order valence-corrected chi connectivity index (χ1v) is 4.95. The van der Waals surface area contributed by atoms with Crippen LogP contribution < -0.4 is 0 Å². The van der Waals surface area contributed by atoms with Crippen LogP contribution in [0.1, 0.15) is 43.7 Å². The lowest BCUT2D eigenvalue weighted by atomic mass is 9.95. The zero-order valence-electron chi connectivity index (χ0n) is 8.92. The number of aliphatic hydroxyl groups excluding tert-OH is 1. The second-order valence-corrected chi connectivity index (χ2v) is 4.06. The Balaban J connectivity index is 3.07. The lowest BCUT2D eigenvalue weighted by molar-refractivity contribution is 0.273. The Labute approximate surface area is 84.6 Å². The molecule has 0 fully saturated rings. The highest BCUT2D eigenvalue weighted by molar-refractivity contribution is 5.29. The van der Waals surface area contributed by atoms with Gasteiger partial charge in [-0.25, -0.2) is 4.39 Å². The molecule has 0 aliphatic heterocycles. The third-order valence-electron chi connectivity index (χ3n) is 2.45. The first-order chi connectivity index (χ1) is 6.54. The number of aliphatic hydroxyl groups is 1. The third kappa shape index (κ3) is 2.55. The molecule has 1 unspecified atom stereocenters. The molecule has 0 saturated carbocycles. The number of halogens is 1. The molecule has 2 heteroatoms. The van der Waals surface area contributed by atoms with Gasteiger partial charge in [0, 0.05) is 12.5 Å². The van der Waals surface area contributed by atoms with Gasteiger partial charge < -0.3 is 5.11 Å². The van der Waals surface area contributed by atoms with Gasteiger partial charge in [-0.2, -0.15) is 0 Å². The van der Waals surface area contributed by atoms with E-state index in [1.54, 1.807) is 6.07 Å². The lowest BCUT2D eigenvalue weighted by Gasteiger charge is -2.12. The highest BCUT2D eigenvalue weighted by Crippen LogP contribution is 2.22. The number of hydrogen-bond acceptors (Lipinski definition) is 1. The van der Waals surface area contributed by atoms with Gasteiger partial charge in [0.1, 0.15) is 5.82 Å². The number of benzene rings is 1. The fourth-order valence-electron chi connectivity index (χ4n) is 1.36. The standard InChI is InChI=1S/C12H17FO/c1-8(2)10-4-11(9(3)7-14)6-12(13)5-10/h4-6,8-9,14H,7H2,1-3H3. The first-order valence-electron chi connectivity index (χ1n) is 4.95. The molecule has 1 N–H and O–H groups in total. The van der Waals surface area contributed by atoms with Crippen LogP contribution in [0.4, 0.5) is 4.39 Å². The third-order valence-corrected chi connectivity index (χ3v) is 2.45. The first kappa shape index (κ1) is 11.2. The summed E-state index contributed by atoms with van der Waals surface area (Å²) in [5.74, 6) is 0.102. The van der Waals surface area contributed by atoms with Crippen LogP contribution in [-0.4, -0.2) is 11.7 Å². The van der Waals surface area contributed by atoms with E-state index >= 15 is 0 Å². The van der Waals surface area contributed by atoms with Crippen molar-refractivity contribution >= 4 is 0 Å². The molecule has 1 aromatic rings. The Hall–Kier alpha value is -0.890. The maximum absolute atomic E-state index is 13.2. The van der Waals surface area contributed by atoms with Crippen LogP contribution >= 0.6 is 0 Å². The fraction of sp³-hybridized carbons (Fsp3) is 0.500. The van der Waals surface area contributed by atoms with Crippen molar-refractivity contribution in [2.75, 3.05) is 6.61 Å². The molecule has 0 aromatic heterocycles. The van der Waals surface area contributed by atoms with E-state index in [4.69, 9.17) is 5.11 Å². The monoisotopic (exact) mass is 196 g/mol. The second kappa shape index (κ2) is 4.56. The van der Waals surface area contributed by atoms with Gasteiger partial charge in [-0.1, -0.05) is 26.8 Å². The molecule has 0 saturated heterocycles. The van der Waals surface area contributed by atoms with E-state index in [2.05, 4.69) is 0 Å². The van der Waals surface area contributed by atoms with Crippen LogP contribution in [0.2, 0.25) is 0 Å². The van der Waals surface area contributed by atoms with E-state index in [-0.39, 0.29) is 18.3 Å². The zero-order chi connectivity index (χ0) is 10.7. The van der Waals surface area contributed by atoms with E-state index in [0.29, 0.717) is 5.92 Å². The van der Waals surface area contributed by atoms with Crippen LogP contribution in [0.3, 0.4) is 0 Å². The topological polar surface area (TPSA) is 20.2 Å². The molecule has 0 heterocycles. The number of hydrogen-bond donors (Lipinski definition) is 1. The molecule has 0 aliphatic rings. The average molecular weight is 196 g/mol. The molecule has 0 radical (unpaired) electrons. The molecule has 0 bridgehead atoms.